The number of non-ortho nitro benzene ring substituents is 1. The van der Waals surface area contributed by atoms with Gasteiger partial charge in [-0.25, -0.2) is 0 Å². The molecule has 1 aromatic carbocycles. The van der Waals surface area contributed by atoms with E-state index in [1.54, 1.807) is 23.5 Å². The van der Waals surface area contributed by atoms with Gasteiger partial charge < -0.3 is 10.1 Å². The summed E-state index contributed by atoms with van der Waals surface area (Å²) in [6.07, 6.45) is 1.67. The molecule has 0 bridgehead atoms. The maximum atomic E-state index is 13.4. The van der Waals surface area contributed by atoms with E-state index in [1.807, 2.05) is 24.4 Å². The molecule has 3 atom stereocenters. The van der Waals surface area contributed by atoms with Crippen LogP contribution in [0.5, 0.6) is 0 Å². The number of nitrogens with one attached hydrogen (secondary N) is 1. The molecule has 0 fully saturated rings. The number of hydrogen-bond acceptors (Lipinski definition) is 7. The Labute approximate surface area is 189 Å². The van der Waals surface area contributed by atoms with Crippen molar-refractivity contribution in [2.45, 2.75) is 38.0 Å². The van der Waals surface area contributed by atoms with Crippen LogP contribution in [-0.2, 0) is 14.3 Å². The number of ketones is 1. The van der Waals surface area contributed by atoms with Crippen molar-refractivity contribution in [3.05, 3.63) is 85.9 Å². The van der Waals surface area contributed by atoms with Gasteiger partial charge in [-0.1, -0.05) is 31.7 Å². The number of carbonyl (C=O) groups is 2. The minimum Gasteiger partial charge on any atom is -0.465 e. The molecule has 2 aliphatic rings. The first-order valence-corrected chi connectivity index (χ1v) is 11.4. The van der Waals surface area contributed by atoms with Gasteiger partial charge in [0.1, 0.15) is 5.92 Å². The molecular formula is C24H24N2O5S. The molecule has 4 rings (SSSR count). The van der Waals surface area contributed by atoms with Crippen molar-refractivity contribution in [3.8, 4) is 0 Å². The third kappa shape index (κ3) is 4.10. The van der Waals surface area contributed by atoms with E-state index in [4.69, 9.17) is 4.74 Å². The average Bonchev–Trinajstić information content (AvgIpc) is 3.31. The molecule has 1 aliphatic carbocycles. The summed E-state index contributed by atoms with van der Waals surface area (Å²) in [4.78, 5) is 38.2. The van der Waals surface area contributed by atoms with Crippen molar-refractivity contribution >= 4 is 28.8 Å². The predicted octanol–water partition coefficient (Wildman–Crippen LogP) is 4.83. The van der Waals surface area contributed by atoms with Crippen molar-refractivity contribution in [1.29, 1.82) is 0 Å². The van der Waals surface area contributed by atoms with Crippen molar-refractivity contribution in [2.75, 3.05) is 6.61 Å². The normalized spacial score (nSPS) is 22.8. The maximum Gasteiger partial charge on any atom is 0.315 e. The molecule has 1 N–H and O–H groups in total. The fourth-order valence-corrected chi connectivity index (χ4v) is 5.34. The number of nitro benzene ring substituents is 1. The number of hydrogen-bond donors (Lipinski definition) is 1. The highest BCUT2D eigenvalue weighted by molar-refractivity contribution is 7.10. The van der Waals surface area contributed by atoms with E-state index in [2.05, 4.69) is 11.9 Å². The van der Waals surface area contributed by atoms with Gasteiger partial charge in [0.2, 0.25) is 0 Å². The zero-order valence-corrected chi connectivity index (χ0v) is 18.5. The van der Waals surface area contributed by atoms with Crippen LogP contribution in [0.1, 0.15) is 48.5 Å². The topological polar surface area (TPSA) is 98.5 Å². The lowest BCUT2D eigenvalue weighted by molar-refractivity contribution is -0.384. The number of allylic oxidation sites excluding steroid dienone is 2. The van der Waals surface area contributed by atoms with E-state index >= 15 is 0 Å². The van der Waals surface area contributed by atoms with Crippen molar-refractivity contribution in [2.24, 2.45) is 5.92 Å². The number of esters is 1. The van der Waals surface area contributed by atoms with Crippen LogP contribution >= 0.6 is 11.3 Å². The summed E-state index contributed by atoms with van der Waals surface area (Å²) in [5.41, 5.74) is 2.42. The van der Waals surface area contributed by atoms with Crippen molar-refractivity contribution < 1.29 is 19.2 Å². The van der Waals surface area contributed by atoms with E-state index in [-0.39, 0.29) is 24.0 Å². The Morgan fingerprint density at radius 1 is 1.28 bits per heavy atom. The molecular weight excluding hydrogens is 428 g/mol. The third-order valence-corrected chi connectivity index (χ3v) is 6.98. The first kappa shape index (κ1) is 22.0. The molecule has 166 valence electrons. The molecule has 0 radical (unpaired) electrons. The molecule has 1 aromatic heterocycles. The minimum absolute atomic E-state index is 0.0266. The van der Waals surface area contributed by atoms with Crippen LogP contribution < -0.4 is 5.32 Å². The van der Waals surface area contributed by atoms with Gasteiger partial charge in [-0.2, -0.15) is 0 Å². The summed E-state index contributed by atoms with van der Waals surface area (Å²) < 4.78 is 5.43. The number of ether oxygens (including phenoxy) is 1. The van der Waals surface area contributed by atoms with Crippen LogP contribution in [0.2, 0.25) is 0 Å². The molecule has 32 heavy (non-hydrogen) atoms. The Morgan fingerprint density at radius 2 is 2.03 bits per heavy atom. The fourth-order valence-electron chi connectivity index (χ4n) is 4.51. The minimum atomic E-state index is -0.788. The van der Waals surface area contributed by atoms with Crippen LogP contribution in [0.25, 0.3) is 0 Å². The van der Waals surface area contributed by atoms with Gasteiger partial charge in [-0.15, -0.1) is 11.3 Å². The second-order valence-electron chi connectivity index (χ2n) is 8.06. The van der Waals surface area contributed by atoms with E-state index in [1.165, 1.54) is 12.1 Å². The van der Waals surface area contributed by atoms with E-state index in [0.29, 0.717) is 36.1 Å². The summed E-state index contributed by atoms with van der Waals surface area (Å²) in [5.74, 6) is -1.79. The second kappa shape index (κ2) is 9.08. The lowest BCUT2D eigenvalue weighted by Gasteiger charge is -2.39. The first-order valence-electron chi connectivity index (χ1n) is 10.6. The largest absolute Gasteiger partial charge is 0.465 e. The van der Waals surface area contributed by atoms with Gasteiger partial charge in [-0.05, 0) is 29.9 Å². The molecule has 2 aromatic rings. The summed E-state index contributed by atoms with van der Waals surface area (Å²) in [6.45, 7) is 6.27. The number of Topliss-reactive ketones (excluding diaryl/α,β-unsaturated/α-hetero) is 1. The van der Waals surface area contributed by atoms with Gasteiger partial charge in [0, 0.05) is 52.2 Å². The summed E-state index contributed by atoms with van der Waals surface area (Å²) in [6, 6.07) is 10.0. The standard InChI is InChI=1S/C24H24N2O5S/c1-3-10-31-24(28)21-14(2)25-18-12-16(20-5-4-11-32-20)13-19(27)23(18)22(21)15-6-8-17(9-7-15)26(29)30/h4-9,11,16,21-22,25H,2-3,10,12-13H2,1H3. The Bertz CT molecular complexity index is 1090. The Hall–Kier alpha value is -3.26. The summed E-state index contributed by atoms with van der Waals surface area (Å²) in [7, 11) is 0. The summed E-state index contributed by atoms with van der Waals surface area (Å²) >= 11 is 1.62. The SMILES string of the molecule is C=C1NC2=C(C(=O)CC(c3cccs3)C2)C(c2ccc([N+](=O)[O-])cc2)C1C(=O)OCCC. The number of nitro groups is 1. The molecule has 7 nitrogen and oxygen atoms in total. The van der Waals surface area contributed by atoms with Crippen molar-refractivity contribution in [1.82, 2.24) is 5.32 Å². The first-order chi connectivity index (χ1) is 15.4. The summed E-state index contributed by atoms with van der Waals surface area (Å²) in [5, 5.41) is 16.3. The zero-order chi connectivity index (χ0) is 22.8. The molecule has 0 amide bonds. The Morgan fingerprint density at radius 3 is 2.66 bits per heavy atom. The molecule has 2 heterocycles. The number of thiophene rings is 1. The number of carbonyl (C=O) groups excluding carboxylic acids is 2. The van der Waals surface area contributed by atoms with Crippen LogP contribution in [0.4, 0.5) is 5.69 Å². The monoisotopic (exact) mass is 452 g/mol. The van der Waals surface area contributed by atoms with Gasteiger partial charge >= 0.3 is 5.97 Å². The van der Waals surface area contributed by atoms with Crippen molar-refractivity contribution in [3.63, 3.8) is 0 Å². The average molecular weight is 453 g/mol. The molecule has 0 spiro atoms. The van der Waals surface area contributed by atoms with Crippen LogP contribution in [0.15, 0.2) is 65.3 Å². The van der Waals surface area contributed by atoms with Gasteiger partial charge in [0.05, 0.1) is 11.5 Å². The number of benzene rings is 1. The van der Waals surface area contributed by atoms with Crippen LogP contribution in [-0.4, -0.2) is 23.3 Å². The highest BCUT2D eigenvalue weighted by atomic mass is 32.1. The van der Waals surface area contributed by atoms with Gasteiger partial charge in [-0.3, -0.25) is 19.7 Å². The van der Waals surface area contributed by atoms with E-state index in [9.17, 15) is 19.7 Å². The highest BCUT2D eigenvalue weighted by Gasteiger charge is 2.45. The lowest BCUT2D eigenvalue weighted by Crippen LogP contribution is -2.42. The second-order valence-corrected chi connectivity index (χ2v) is 9.04. The third-order valence-electron chi connectivity index (χ3n) is 5.95. The molecule has 3 unspecified atom stereocenters. The maximum absolute atomic E-state index is 13.4. The Balaban J connectivity index is 1.78. The van der Waals surface area contributed by atoms with Crippen LogP contribution in [0.3, 0.4) is 0 Å². The smallest absolute Gasteiger partial charge is 0.315 e. The lowest BCUT2D eigenvalue weighted by atomic mass is 9.69. The molecule has 0 saturated heterocycles. The van der Waals surface area contributed by atoms with Gasteiger partial charge in [0.15, 0.2) is 5.78 Å². The Kier molecular flexibility index (Phi) is 6.23. The number of nitrogens with zero attached hydrogens (tertiary/aromatic N) is 1. The van der Waals surface area contributed by atoms with Crippen LogP contribution in [0, 0.1) is 16.0 Å². The molecule has 8 heteroatoms. The fraction of sp³-hybridized carbons (Fsp3) is 0.333. The highest BCUT2D eigenvalue weighted by Crippen LogP contribution is 2.47. The van der Waals surface area contributed by atoms with E-state index < -0.39 is 22.7 Å². The molecule has 1 aliphatic heterocycles. The zero-order valence-electron chi connectivity index (χ0n) is 17.7. The predicted molar refractivity (Wildman–Crippen MR) is 121 cm³/mol. The van der Waals surface area contributed by atoms with E-state index in [0.717, 1.165) is 10.6 Å². The molecule has 0 saturated carbocycles. The number of rotatable bonds is 6. The quantitative estimate of drug-likeness (QED) is 0.383. The van der Waals surface area contributed by atoms with Gasteiger partial charge in [0.25, 0.3) is 5.69 Å².